The summed E-state index contributed by atoms with van der Waals surface area (Å²) in [6, 6.07) is 7.87. The number of benzene rings is 1. The number of thiol groups is 1. The highest BCUT2D eigenvalue weighted by atomic mass is 32.2. The van der Waals surface area contributed by atoms with Crippen molar-refractivity contribution in [1.29, 1.82) is 0 Å². The number of nitrogens with zero attached hydrogens (tertiary/aromatic N) is 2. The lowest BCUT2D eigenvalue weighted by Gasteiger charge is -2.36. The quantitative estimate of drug-likeness (QED) is 0.582. The molecule has 0 spiro atoms. The third-order valence-corrected chi connectivity index (χ3v) is 4.99. The molecule has 2 N–H and O–H groups in total. The van der Waals surface area contributed by atoms with Gasteiger partial charge in [-0.2, -0.15) is 0 Å². The molecule has 110 valence electrons. The van der Waals surface area contributed by atoms with Gasteiger partial charge in [-0.1, -0.05) is 17.7 Å². The van der Waals surface area contributed by atoms with Gasteiger partial charge in [0.25, 0.3) is 5.91 Å². The molecule has 1 saturated heterocycles. The molecule has 0 aromatic heterocycles. The molecule has 1 aliphatic heterocycles. The summed E-state index contributed by atoms with van der Waals surface area (Å²) >= 11 is 6.14. The number of nitrogens with one attached hydrogen (secondary N) is 2. The third kappa shape index (κ3) is 4.59. The summed E-state index contributed by atoms with van der Waals surface area (Å²) < 4.78 is 0.208. The summed E-state index contributed by atoms with van der Waals surface area (Å²) in [4.78, 5) is 16.0. The van der Waals surface area contributed by atoms with Crippen LogP contribution in [0.3, 0.4) is 0 Å². The number of thioether (sulfide) groups is 1. The van der Waals surface area contributed by atoms with Crippen molar-refractivity contribution in [2.45, 2.75) is 11.6 Å². The Hall–Kier alpha value is -0.890. The zero-order chi connectivity index (χ0) is 14.5. The summed E-state index contributed by atoms with van der Waals surface area (Å²) in [5.41, 5.74) is 7.70. The number of rotatable bonds is 4. The molecule has 0 radical (unpaired) electrons. The van der Waals surface area contributed by atoms with Crippen LogP contribution in [0.2, 0.25) is 0 Å². The number of hydrogen-bond donors (Lipinski definition) is 3. The van der Waals surface area contributed by atoms with E-state index >= 15 is 0 Å². The normalized spacial score (nSPS) is 20.6. The third-order valence-electron chi connectivity index (χ3n) is 2.97. The zero-order valence-corrected chi connectivity index (χ0v) is 13.4. The Balaban J connectivity index is 1.74. The Morgan fingerprint density at radius 1 is 1.45 bits per heavy atom. The van der Waals surface area contributed by atoms with Crippen molar-refractivity contribution >= 4 is 36.0 Å². The SMILES string of the molecule is Cc1ccc(NNC(=O)CN2CSC(S)N(C)C2)cc1. The molecular formula is C13H20N4OS2. The Kier molecular flexibility index (Phi) is 5.59. The fourth-order valence-electron chi connectivity index (χ4n) is 1.84. The number of hydrogen-bond acceptors (Lipinski definition) is 6. The number of amides is 1. The first-order valence-electron chi connectivity index (χ1n) is 6.38. The van der Waals surface area contributed by atoms with E-state index in [0.29, 0.717) is 6.54 Å². The molecule has 20 heavy (non-hydrogen) atoms. The standard InChI is InChI=1S/C13H20N4OS2/c1-10-3-5-11(6-4-10)14-15-12(18)7-17-8-16(2)13(19)20-9-17/h3-6,13-14,19H,7-9H2,1-2H3,(H,15,18). The average molecular weight is 312 g/mol. The van der Waals surface area contributed by atoms with E-state index in [9.17, 15) is 4.79 Å². The molecule has 5 nitrogen and oxygen atoms in total. The summed E-state index contributed by atoms with van der Waals surface area (Å²) in [5.74, 6) is 0.772. The van der Waals surface area contributed by atoms with E-state index in [2.05, 4.69) is 33.3 Å². The molecule has 0 aliphatic carbocycles. The molecule has 1 unspecified atom stereocenters. The maximum Gasteiger partial charge on any atom is 0.252 e. The van der Waals surface area contributed by atoms with Gasteiger partial charge in [0.15, 0.2) is 0 Å². The minimum absolute atomic E-state index is 0.0443. The molecule has 1 amide bonds. The molecule has 1 aromatic carbocycles. The van der Waals surface area contributed by atoms with E-state index < -0.39 is 0 Å². The second-order valence-electron chi connectivity index (χ2n) is 4.89. The molecule has 1 aromatic rings. The van der Waals surface area contributed by atoms with Gasteiger partial charge in [0.05, 0.1) is 18.9 Å². The van der Waals surface area contributed by atoms with Crippen molar-refractivity contribution in [2.75, 3.05) is 31.6 Å². The van der Waals surface area contributed by atoms with Crippen LogP contribution in [0.25, 0.3) is 0 Å². The summed E-state index contributed by atoms with van der Waals surface area (Å²) in [5, 5.41) is 0. The van der Waals surface area contributed by atoms with Gasteiger partial charge in [-0.3, -0.25) is 25.4 Å². The van der Waals surface area contributed by atoms with Crippen molar-refractivity contribution in [3.8, 4) is 0 Å². The van der Waals surface area contributed by atoms with E-state index in [0.717, 1.165) is 18.2 Å². The lowest BCUT2D eigenvalue weighted by Crippen LogP contribution is -2.48. The largest absolute Gasteiger partial charge is 0.299 e. The molecule has 2 rings (SSSR count). The molecule has 1 fully saturated rings. The predicted molar refractivity (Wildman–Crippen MR) is 87.5 cm³/mol. The van der Waals surface area contributed by atoms with Crippen molar-refractivity contribution in [2.24, 2.45) is 0 Å². The summed E-state index contributed by atoms with van der Waals surface area (Å²) in [6.45, 7) is 3.15. The summed E-state index contributed by atoms with van der Waals surface area (Å²) in [6.07, 6.45) is 0. The zero-order valence-electron chi connectivity index (χ0n) is 11.7. The fourth-order valence-corrected chi connectivity index (χ4v) is 2.95. The van der Waals surface area contributed by atoms with Gasteiger partial charge < -0.3 is 0 Å². The second-order valence-corrected chi connectivity index (χ2v) is 6.77. The molecule has 7 heteroatoms. The number of carbonyl (C=O) groups is 1. The lowest BCUT2D eigenvalue weighted by atomic mass is 10.2. The smallest absolute Gasteiger partial charge is 0.252 e. The Bertz CT molecular complexity index is 454. The molecule has 0 bridgehead atoms. The highest BCUT2D eigenvalue weighted by molar-refractivity contribution is 8.10. The van der Waals surface area contributed by atoms with Crippen LogP contribution >= 0.6 is 24.4 Å². The van der Waals surface area contributed by atoms with Crippen molar-refractivity contribution < 1.29 is 4.79 Å². The first kappa shape index (κ1) is 15.5. The van der Waals surface area contributed by atoms with E-state index in [4.69, 9.17) is 0 Å². The maximum atomic E-state index is 11.9. The van der Waals surface area contributed by atoms with E-state index in [-0.39, 0.29) is 10.6 Å². The highest BCUT2D eigenvalue weighted by Gasteiger charge is 2.22. The van der Waals surface area contributed by atoms with Crippen LogP contribution in [0, 0.1) is 6.92 Å². The Morgan fingerprint density at radius 3 is 2.80 bits per heavy atom. The predicted octanol–water partition coefficient (Wildman–Crippen LogP) is 1.55. The molecular weight excluding hydrogens is 292 g/mol. The monoisotopic (exact) mass is 312 g/mol. The van der Waals surface area contributed by atoms with Crippen LogP contribution in [-0.4, -0.2) is 46.6 Å². The van der Waals surface area contributed by atoms with Gasteiger partial charge in [0.1, 0.15) is 4.71 Å². The highest BCUT2D eigenvalue weighted by Crippen LogP contribution is 2.23. The van der Waals surface area contributed by atoms with Gasteiger partial charge in [-0.05, 0) is 26.1 Å². The number of aryl methyl sites for hydroxylation is 1. The second kappa shape index (κ2) is 7.21. The first-order chi connectivity index (χ1) is 9.54. The van der Waals surface area contributed by atoms with Crippen molar-refractivity contribution in [1.82, 2.24) is 15.2 Å². The van der Waals surface area contributed by atoms with E-state index in [1.165, 1.54) is 5.56 Å². The fraction of sp³-hybridized carbons (Fsp3) is 0.462. The van der Waals surface area contributed by atoms with Crippen molar-refractivity contribution in [3.63, 3.8) is 0 Å². The topological polar surface area (TPSA) is 47.6 Å². The summed E-state index contributed by atoms with van der Waals surface area (Å²) in [7, 11) is 2.00. The average Bonchev–Trinajstić information content (AvgIpc) is 2.42. The first-order valence-corrected chi connectivity index (χ1v) is 7.95. The van der Waals surface area contributed by atoms with Gasteiger partial charge in [0.2, 0.25) is 0 Å². The van der Waals surface area contributed by atoms with E-state index in [1.54, 1.807) is 11.8 Å². The van der Waals surface area contributed by atoms with Crippen molar-refractivity contribution in [3.05, 3.63) is 29.8 Å². The van der Waals surface area contributed by atoms with E-state index in [1.807, 2.05) is 38.2 Å². The number of anilines is 1. The molecule has 1 atom stereocenters. The van der Waals surface area contributed by atoms with Gasteiger partial charge >= 0.3 is 0 Å². The minimum Gasteiger partial charge on any atom is -0.299 e. The Labute approximate surface area is 129 Å². The number of carbonyl (C=O) groups excluding carboxylic acids is 1. The van der Waals surface area contributed by atoms with Gasteiger partial charge in [0, 0.05) is 5.88 Å². The van der Waals surface area contributed by atoms with Crippen LogP contribution in [0.4, 0.5) is 5.69 Å². The van der Waals surface area contributed by atoms with Crippen LogP contribution in [0.15, 0.2) is 24.3 Å². The van der Waals surface area contributed by atoms with Crippen LogP contribution in [0.1, 0.15) is 5.56 Å². The maximum absolute atomic E-state index is 11.9. The van der Waals surface area contributed by atoms with Gasteiger partial charge in [-0.15, -0.1) is 24.4 Å². The van der Waals surface area contributed by atoms with Crippen LogP contribution < -0.4 is 10.9 Å². The van der Waals surface area contributed by atoms with Crippen LogP contribution in [-0.2, 0) is 4.79 Å². The lowest BCUT2D eigenvalue weighted by molar-refractivity contribution is -0.122. The van der Waals surface area contributed by atoms with Crippen LogP contribution in [0.5, 0.6) is 0 Å². The molecule has 0 saturated carbocycles. The van der Waals surface area contributed by atoms with Gasteiger partial charge in [-0.25, -0.2) is 0 Å². The Morgan fingerprint density at radius 2 is 2.15 bits per heavy atom. The molecule has 1 aliphatic rings. The number of hydrazine groups is 1. The minimum atomic E-state index is -0.0443. The molecule has 1 heterocycles.